The summed E-state index contributed by atoms with van der Waals surface area (Å²) in [6.07, 6.45) is 0.473. The van der Waals surface area contributed by atoms with Crippen molar-refractivity contribution < 1.29 is 32.2 Å². The van der Waals surface area contributed by atoms with Crippen LogP contribution in [0, 0.1) is 0 Å². The molecule has 0 aliphatic heterocycles. The van der Waals surface area contributed by atoms with Gasteiger partial charge in [0, 0.05) is 31.0 Å². The molecule has 0 radical (unpaired) electrons. The second-order valence-corrected chi connectivity index (χ2v) is 12.4. The van der Waals surface area contributed by atoms with Gasteiger partial charge in [-0.3, -0.25) is 15.1 Å². The topological polar surface area (TPSA) is 125 Å². The van der Waals surface area contributed by atoms with E-state index in [-0.39, 0.29) is 9.79 Å². The summed E-state index contributed by atoms with van der Waals surface area (Å²) in [5.41, 5.74) is 1.80. The largest absolute Gasteiger partial charge is 0.497 e. The van der Waals surface area contributed by atoms with Gasteiger partial charge >= 0.3 is 0 Å². The first-order valence-corrected chi connectivity index (χ1v) is 15.6. The van der Waals surface area contributed by atoms with Crippen LogP contribution in [0.1, 0.15) is 17.2 Å². The number of fused-ring (bicyclic) bond motifs is 1. The Labute approximate surface area is 258 Å². The summed E-state index contributed by atoms with van der Waals surface area (Å²) in [6.45, 7) is 0. The Balaban J connectivity index is 1.50. The second kappa shape index (κ2) is 13.1. The molecule has 44 heavy (non-hydrogen) atoms. The quantitative estimate of drug-likeness (QED) is 0.177. The van der Waals surface area contributed by atoms with Crippen molar-refractivity contribution in [3.8, 4) is 23.0 Å². The highest BCUT2D eigenvalue weighted by Crippen LogP contribution is 2.37. The molecule has 0 saturated carbocycles. The molecule has 5 rings (SSSR count). The monoisotopic (exact) mass is 631 g/mol. The van der Waals surface area contributed by atoms with Gasteiger partial charge in [0.25, 0.3) is 5.91 Å². The molecule has 5 aromatic rings. The fourth-order valence-electron chi connectivity index (χ4n) is 4.41. The molecule has 1 unspecified atom stereocenters. The molecule has 0 fully saturated rings. The number of aromatic nitrogens is 1. The molecular formula is C32H29N3O7S2. The summed E-state index contributed by atoms with van der Waals surface area (Å²) in [6, 6.07) is 22.8. The lowest BCUT2D eigenvalue weighted by molar-refractivity contribution is -0.123. The van der Waals surface area contributed by atoms with Gasteiger partial charge in [0.15, 0.2) is 16.6 Å². The summed E-state index contributed by atoms with van der Waals surface area (Å²) in [5.74, 6) is 1.44. The van der Waals surface area contributed by atoms with E-state index in [1.54, 1.807) is 81.0 Å². The smallest absolute Gasteiger partial charge is 0.271 e. The Morgan fingerprint density at radius 3 is 2.20 bits per heavy atom. The maximum Gasteiger partial charge on any atom is 0.271 e. The van der Waals surface area contributed by atoms with E-state index in [1.165, 1.54) is 49.8 Å². The predicted molar refractivity (Wildman–Crippen MR) is 170 cm³/mol. The number of rotatable bonds is 11. The summed E-state index contributed by atoms with van der Waals surface area (Å²) in [7, 11) is 2.34. The van der Waals surface area contributed by atoms with Crippen LogP contribution in [-0.4, -0.2) is 53.9 Å². The highest BCUT2D eigenvalue weighted by Gasteiger charge is 2.27. The Morgan fingerprint density at radius 2 is 1.55 bits per heavy atom. The molecular weight excluding hydrogens is 603 g/mol. The van der Waals surface area contributed by atoms with Crippen molar-refractivity contribution in [2.24, 2.45) is 4.99 Å². The summed E-state index contributed by atoms with van der Waals surface area (Å²) < 4.78 is 49.9. The van der Waals surface area contributed by atoms with Crippen LogP contribution in [0.5, 0.6) is 23.0 Å². The van der Waals surface area contributed by atoms with Crippen molar-refractivity contribution in [3.05, 3.63) is 96.1 Å². The van der Waals surface area contributed by atoms with Gasteiger partial charge in [-0.25, -0.2) is 13.4 Å². The summed E-state index contributed by atoms with van der Waals surface area (Å²) in [4.78, 5) is 22.5. The first kappa shape index (κ1) is 30.5. The van der Waals surface area contributed by atoms with Crippen molar-refractivity contribution in [2.75, 3.05) is 33.7 Å². The molecule has 1 aromatic heterocycles. The molecule has 226 valence electrons. The molecule has 1 amide bonds. The first-order chi connectivity index (χ1) is 21.2. The predicted octanol–water partition coefficient (Wildman–Crippen LogP) is 5.96. The number of hydrogen-bond donors (Lipinski definition) is 1. The first-order valence-electron chi connectivity index (χ1n) is 13.3. The normalized spacial score (nSPS) is 12.2. The minimum atomic E-state index is -3.91. The van der Waals surface area contributed by atoms with E-state index in [4.69, 9.17) is 18.9 Å². The Hall–Kier alpha value is -4.94. The van der Waals surface area contributed by atoms with Gasteiger partial charge < -0.3 is 18.9 Å². The lowest BCUT2D eigenvalue weighted by Gasteiger charge is -2.19. The van der Waals surface area contributed by atoms with Crippen molar-refractivity contribution in [1.82, 2.24) is 4.98 Å². The van der Waals surface area contributed by atoms with Crippen molar-refractivity contribution in [2.45, 2.75) is 15.9 Å². The number of amides is 1. The third-order valence-corrected chi connectivity index (χ3v) is 9.32. The maximum absolute atomic E-state index is 13.8. The van der Waals surface area contributed by atoms with Gasteiger partial charge in [-0.05, 0) is 66.2 Å². The van der Waals surface area contributed by atoms with Gasteiger partial charge in [0.1, 0.15) is 11.5 Å². The lowest BCUT2D eigenvalue weighted by atomic mass is 10.1. The molecule has 0 spiro atoms. The SMILES string of the molecule is CN=Cc1ccc(OC(C(=O)Nc2nc3cc(OC)c(OC)cc3s2)c2cccc(S(=O)(=O)c3ccc(OC)cc3)c2)cc1. The van der Waals surface area contributed by atoms with Gasteiger partial charge in [-0.1, -0.05) is 23.5 Å². The lowest BCUT2D eigenvalue weighted by Crippen LogP contribution is -2.26. The maximum atomic E-state index is 13.8. The Bertz CT molecular complexity index is 1880. The van der Waals surface area contributed by atoms with E-state index in [0.29, 0.717) is 39.2 Å². The van der Waals surface area contributed by atoms with Crippen LogP contribution in [0.15, 0.2) is 99.7 Å². The number of anilines is 1. The van der Waals surface area contributed by atoms with Crippen LogP contribution in [0.25, 0.3) is 10.2 Å². The average Bonchev–Trinajstić information content (AvgIpc) is 3.44. The van der Waals surface area contributed by atoms with E-state index in [0.717, 1.165) is 10.3 Å². The number of thiazole rings is 1. The molecule has 4 aromatic carbocycles. The standard InChI is InChI=1S/C32H29N3O7S2/c1-33-19-20-8-10-23(11-9-20)42-30(31(36)35-32-34-26-17-27(40-3)28(41-4)18-29(26)43-32)21-6-5-7-25(16-21)44(37,38)24-14-12-22(39-2)13-15-24/h5-19,30H,1-4H3,(H,34,35,36). The Kier molecular flexibility index (Phi) is 9.12. The van der Waals surface area contributed by atoms with Gasteiger partial charge in [0.05, 0.1) is 41.3 Å². The Morgan fingerprint density at radius 1 is 0.864 bits per heavy atom. The van der Waals surface area contributed by atoms with E-state index in [2.05, 4.69) is 15.3 Å². The fourth-order valence-corrected chi connectivity index (χ4v) is 6.60. The number of nitrogens with one attached hydrogen (secondary N) is 1. The molecule has 12 heteroatoms. The number of nitrogens with zero attached hydrogens (tertiary/aromatic N) is 2. The van der Waals surface area contributed by atoms with Crippen molar-refractivity contribution >= 4 is 48.6 Å². The van der Waals surface area contributed by atoms with Crippen molar-refractivity contribution in [3.63, 3.8) is 0 Å². The van der Waals surface area contributed by atoms with Crippen LogP contribution >= 0.6 is 11.3 Å². The number of hydrogen-bond acceptors (Lipinski definition) is 10. The number of ether oxygens (including phenoxy) is 4. The van der Waals surface area contributed by atoms with Crippen LogP contribution in [-0.2, 0) is 14.6 Å². The van der Waals surface area contributed by atoms with Gasteiger partial charge in [-0.15, -0.1) is 0 Å². The van der Waals surface area contributed by atoms with E-state index < -0.39 is 21.8 Å². The zero-order valence-electron chi connectivity index (χ0n) is 24.3. The third kappa shape index (κ3) is 6.51. The average molecular weight is 632 g/mol. The third-order valence-electron chi connectivity index (χ3n) is 6.62. The number of sulfone groups is 1. The van der Waals surface area contributed by atoms with Crippen molar-refractivity contribution in [1.29, 1.82) is 0 Å². The molecule has 0 aliphatic carbocycles. The zero-order chi connectivity index (χ0) is 31.3. The molecule has 1 atom stereocenters. The second-order valence-electron chi connectivity index (χ2n) is 9.39. The van der Waals surface area contributed by atoms with Gasteiger partial charge in [0.2, 0.25) is 15.9 Å². The molecule has 10 nitrogen and oxygen atoms in total. The number of carbonyl (C=O) groups excluding carboxylic acids is 1. The molecule has 0 saturated heterocycles. The number of carbonyl (C=O) groups is 1. The molecule has 0 bridgehead atoms. The van der Waals surface area contributed by atoms with Crippen LogP contribution in [0.2, 0.25) is 0 Å². The minimum absolute atomic E-state index is 0.00949. The molecule has 1 heterocycles. The van der Waals surface area contributed by atoms with E-state index in [1.807, 2.05) is 0 Å². The highest BCUT2D eigenvalue weighted by molar-refractivity contribution is 7.91. The minimum Gasteiger partial charge on any atom is -0.497 e. The van der Waals surface area contributed by atoms with Crippen LogP contribution < -0.4 is 24.3 Å². The number of benzene rings is 4. The fraction of sp³-hybridized carbons (Fsp3) is 0.156. The van der Waals surface area contributed by atoms with Gasteiger partial charge in [-0.2, -0.15) is 0 Å². The highest BCUT2D eigenvalue weighted by atomic mass is 32.2. The van der Waals surface area contributed by atoms with E-state index >= 15 is 0 Å². The number of aliphatic imine (C=N–C) groups is 1. The van der Waals surface area contributed by atoms with Crippen LogP contribution in [0.4, 0.5) is 5.13 Å². The molecule has 1 N–H and O–H groups in total. The van der Waals surface area contributed by atoms with E-state index in [9.17, 15) is 13.2 Å². The summed E-state index contributed by atoms with van der Waals surface area (Å²) >= 11 is 1.25. The summed E-state index contributed by atoms with van der Waals surface area (Å²) in [5, 5.41) is 3.16. The number of methoxy groups -OCH3 is 3. The van der Waals surface area contributed by atoms with Crippen LogP contribution in [0.3, 0.4) is 0 Å². The molecule has 0 aliphatic rings. The zero-order valence-corrected chi connectivity index (χ0v) is 25.9.